The molecular formula is C23H19BrN2O5S. The molecule has 2 aliphatic heterocycles. The third-order valence-corrected chi connectivity index (χ3v) is 6.50. The van der Waals surface area contributed by atoms with Gasteiger partial charge in [-0.25, -0.2) is 4.79 Å². The predicted octanol–water partition coefficient (Wildman–Crippen LogP) is 4.33. The van der Waals surface area contributed by atoms with Gasteiger partial charge in [0.15, 0.2) is 0 Å². The maximum absolute atomic E-state index is 12.8. The van der Waals surface area contributed by atoms with Gasteiger partial charge in [-0.15, -0.1) is 0 Å². The number of carbonyl (C=O) groups is 4. The summed E-state index contributed by atoms with van der Waals surface area (Å²) in [5, 5.41) is -0.494. The number of likely N-dealkylation sites (tertiary alicyclic amines) is 1. The number of hydrogen-bond donors (Lipinski definition) is 0. The Hall–Kier alpha value is -2.91. The normalized spacial score (nSPS) is 17.3. The van der Waals surface area contributed by atoms with Crippen LogP contribution in [-0.4, -0.2) is 52.5 Å². The van der Waals surface area contributed by atoms with Crippen molar-refractivity contribution in [3.63, 3.8) is 0 Å². The monoisotopic (exact) mass is 514 g/mol. The highest BCUT2D eigenvalue weighted by Gasteiger charge is 2.37. The molecule has 0 atom stereocenters. The second kappa shape index (κ2) is 9.70. The van der Waals surface area contributed by atoms with Gasteiger partial charge in [0.25, 0.3) is 11.1 Å². The second-order valence-electron chi connectivity index (χ2n) is 7.29. The summed E-state index contributed by atoms with van der Waals surface area (Å²) in [5.41, 5.74) is 0.849. The topological polar surface area (TPSA) is 84.0 Å². The lowest BCUT2D eigenvalue weighted by Gasteiger charge is -2.18. The molecule has 2 aromatic rings. The number of thioether (sulfide) groups is 1. The molecule has 2 saturated heterocycles. The summed E-state index contributed by atoms with van der Waals surface area (Å²) in [6, 6.07) is 13.6. The zero-order chi connectivity index (χ0) is 22.7. The van der Waals surface area contributed by atoms with E-state index in [4.69, 9.17) is 4.74 Å². The van der Waals surface area contributed by atoms with Crippen LogP contribution in [0.3, 0.4) is 0 Å². The van der Waals surface area contributed by atoms with Gasteiger partial charge in [-0.2, -0.15) is 0 Å². The molecule has 2 fully saturated rings. The van der Waals surface area contributed by atoms with Crippen molar-refractivity contribution in [3.8, 4) is 5.75 Å². The smallest absolute Gasteiger partial charge is 0.343 e. The summed E-state index contributed by atoms with van der Waals surface area (Å²) in [6.45, 7) is 1.04. The molecule has 0 spiro atoms. The highest BCUT2D eigenvalue weighted by Crippen LogP contribution is 2.35. The molecule has 0 unspecified atom stereocenters. The van der Waals surface area contributed by atoms with Crippen LogP contribution in [0.5, 0.6) is 5.75 Å². The van der Waals surface area contributed by atoms with Gasteiger partial charge in [0.05, 0.1) is 10.5 Å². The maximum atomic E-state index is 12.8. The zero-order valence-electron chi connectivity index (χ0n) is 17.0. The van der Waals surface area contributed by atoms with Gasteiger partial charge in [-0.1, -0.05) is 34.1 Å². The minimum Gasteiger partial charge on any atom is -0.422 e. The summed E-state index contributed by atoms with van der Waals surface area (Å²) in [5.74, 6) is -1.05. The van der Waals surface area contributed by atoms with E-state index in [0.717, 1.165) is 29.5 Å². The van der Waals surface area contributed by atoms with Crippen LogP contribution in [-0.2, 0) is 9.59 Å². The third kappa shape index (κ3) is 4.94. The molecular weight excluding hydrogens is 496 g/mol. The van der Waals surface area contributed by atoms with Crippen LogP contribution < -0.4 is 4.74 Å². The number of carbonyl (C=O) groups excluding carboxylic acids is 4. The second-order valence-corrected chi connectivity index (χ2v) is 9.20. The van der Waals surface area contributed by atoms with E-state index < -0.39 is 17.1 Å². The molecule has 32 heavy (non-hydrogen) atoms. The highest BCUT2D eigenvalue weighted by molar-refractivity contribution is 9.10. The van der Waals surface area contributed by atoms with Gasteiger partial charge in [-0.05, 0) is 61.0 Å². The summed E-state index contributed by atoms with van der Waals surface area (Å²) >= 11 is 4.14. The number of amides is 3. The van der Waals surface area contributed by atoms with Crippen LogP contribution in [0.25, 0.3) is 6.08 Å². The van der Waals surface area contributed by atoms with Crippen molar-refractivity contribution in [2.45, 2.75) is 12.8 Å². The van der Waals surface area contributed by atoms with Crippen LogP contribution in [0.15, 0.2) is 57.9 Å². The summed E-state index contributed by atoms with van der Waals surface area (Å²) in [6.07, 6.45) is 3.37. The number of esters is 1. The predicted molar refractivity (Wildman–Crippen MR) is 124 cm³/mol. The average molecular weight is 515 g/mol. The zero-order valence-corrected chi connectivity index (χ0v) is 19.4. The Morgan fingerprint density at radius 3 is 2.50 bits per heavy atom. The summed E-state index contributed by atoms with van der Waals surface area (Å²) < 4.78 is 6.25. The van der Waals surface area contributed by atoms with Crippen LogP contribution in [0, 0.1) is 0 Å². The lowest BCUT2D eigenvalue weighted by Crippen LogP contribution is -2.40. The third-order valence-electron chi connectivity index (χ3n) is 5.10. The molecule has 164 valence electrons. The number of hydrogen-bond acceptors (Lipinski definition) is 6. The molecule has 0 saturated carbocycles. The number of halogens is 1. The number of benzene rings is 2. The SMILES string of the molecule is O=C(Oc1ccc(Br)cc1/C=C1\SC(=O)N(CC(=O)N2CCCC2)C1=O)c1ccccc1. The van der Waals surface area contributed by atoms with Gasteiger partial charge in [0, 0.05) is 23.1 Å². The molecule has 0 bridgehead atoms. The summed E-state index contributed by atoms with van der Waals surface area (Å²) in [7, 11) is 0. The van der Waals surface area contributed by atoms with Crippen LogP contribution in [0.1, 0.15) is 28.8 Å². The molecule has 7 nitrogen and oxygen atoms in total. The van der Waals surface area contributed by atoms with Crippen molar-refractivity contribution < 1.29 is 23.9 Å². The van der Waals surface area contributed by atoms with E-state index in [2.05, 4.69) is 15.9 Å². The van der Waals surface area contributed by atoms with Crippen molar-refractivity contribution in [3.05, 3.63) is 69.0 Å². The number of nitrogens with zero attached hydrogens (tertiary/aromatic N) is 2. The van der Waals surface area contributed by atoms with Crippen LogP contribution >= 0.6 is 27.7 Å². The Kier molecular flexibility index (Phi) is 6.76. The van der Waals surface area contributed by atoms with Crippen molar-refractivity contribution in [1.29, 1.82) is 0 Å². The van der Waals surface area contributed by atoms with Gasteiger partial charge in [-0.3, -0.25) is 19.3 Å². The standard InChI is InChI=1S/C23H19BrN2O5S/c24-17-8-9-18(31-22(29)15-6-2-1-3-7-15)16(12-17)13-19-21(28)26(23(30)32-19)14-20(27)25-10-4-5-11-25/h1-3,6-9,12-13H,4-5,10-11,14H2/b19-13-. The first-order valence-corrected chi connectivity index (χ1v) is 11.6. The quantitative estimate of drug-likeness (QED) is 0.335. The number of rotatable bonds is 5. The highest BCUT2D eigenvalue weighted by atomic mass is 79.9. The average Bonchev–Trinajstić information content (AvgIpc) is 3.41. The summed E-state index contributed by atoms with van der Waals surface area (Å²) in [4.78, 5) is 52.9. The van der Waals surface area contributed by atoms with Crippen LogP contribution in [0.2, 0.25) is 0 Å². The van der Waals surface area contributed by atoms with Crippen molar-refractivity contribution in [2.24, 2.45) is 0 Å². The van der Waals surface area contributed by atoms with Gasteiger partial charge < -0.3 is 9.64 Å². The minimum absolute atomic E-state index is 0.166. The molecule has 2 aromatic carbocycles. The molecule has 2 aliphatic rings. The lowest BCUT2D eigenvalue weighted by atomic mass is 10.1. The van der Waals surface area contributed by atoms with E-state index in [9.17, 15) is 19.2 Å². The van der Waals surface area contributed by atoms with Crippen molar-refractivity contribution >= 4 is 56.8 Å². The first-order chi connectivity index (χ1) is 15.4. The fraction of sp³-hybridized carbons (Fsp3) is 0.217. The Labute approximate surface area is 197 Å². The molecule has 0 aliphatic carbocycles. The first-order valence-electron chi connectivity index (χ1n) is 10.0. The molecule has 0 aromatic heterocycles. The number of imide groups is 1. The van der Waals surface area contributed by atoms with Gasteiger partial charge in [0.1, 0.15) is 12.3 Å². The lowest BCUT2D eigenvalue weighted by molar-refractivity contribution is -0.135. The molecule has 3 amide bonds. The number of ether oxygens (including phenoxy) is 1. The van der Waals surface area contributed by atoms with E-state index in [-0.39, 0.29) is 23.1 Å². The molecule has 0 radical (unpaired) electrons. The van der Waals surface area contributed by atoms with Gasteiger partial charge in [0.2, 0.25) is 5.91 Å². The minimum atomic E-state index is -0.535. The molecule has 9 heteroatoms. The fourth-order valence-corrected chi connectivity index (χ4v) is 4.65. The van der Waals surface area contributed by atoms with Gasteiger partial charge >= 0.3 is 5.97 Å². The van der Waals surface area contributed by atoms with Crippen LogP contribution in [0.4, 0.5) is 4.79 Å². The van der Waals surface area contributed by atoms with E-state index >= 15 is 0 Å². The molecule has 4 rings (SSSR count). The van der Waals surface area contributed by atoms with E-state index in [1.165, 1.54) is 6.08 Å². The van der Waals surface area contributed by atoms with Crippen molar-refractivity contribution in [1.82, 2.24) is 9.80 Å². The van der Waals surface area contributed by atoms with E-state index in [1.54, 1.807) is 53.4 Å². The Bertz CT molecular complexity index is 1110. The molecule has 2 heterocycles. The fourth-order valence-electron chi connectivity index (χ4n) is 3.44. The Morgan fingerprint density at radius 1 is 1.06 bits per heavy atom. The van der Waals surface area contributed by atoms with Crippen molar-refractivity contribution in [2.75, 3.05) is 19.6 Å². The largest absolute Gasteiger partial charge is 0.422 e. The van der Waals surface area contributed by atoms with E-state index in [1.807, 2.05) is 0 Å². The van der Waals surface area contributed by atoms with E-state index in [0.29, 0.717) is 28.7 Å². The Balaban J connectivity index is 1.54. The first kappa shape index (κ1) is 22.3. The molecule has 0 N–H and O–H groups in total. The maximum Gasteiger partial charge on any atom is 0.343 e. The Morgan fingerprint density at radius 2 is 1.78 bits per heavy atom.